The average molecular weight is 271 g/mol. The topological polar surface area (TPSA) is 37.3 Å². The summed E-state index contributed by atoms with van der Waals surface area (Å²) in [4.78, 5) is 10.5. The van der Waals surface area contributed by atoms with Gasteiger partial charge in [0.05, 0.1) is 0 Å². The Morgan fingerprint density at radius 1 is 1.11 bits per heavy atom. The van der Waals surface area contributed by atoms with Gasteiger partial charge in [-0.25, -0.2) is 4.79 Å². The van der Waals surface area contributed by atoms with Gasteiger partial charge < -0.3 is 5.11 Å². The van der Waals surface area contributed by atoms with E-state index in [2.05, 4.69) is 0 Å². The molecule has 3 heteroatoms. The Bertz CT molecular complexity index is 702. The third-order valence-corrected chi connectivity index (χ3v) is 3.52. The molecule has 0 aliphatic heterocycles. The lowest BCUT2D eigenvalue weighted by Gasteiger charge is -2.02. The number of benzene rings is 2. The smallest absolute Gasteiger partial charge is 0.328 e. The molecule has 0 amide bonds. The van der Waals surface area contributed by atoms with Gasteiger partial charge in [-0.05, 0) is 52.4 Å². The van der Waals surface area contributed by atoms with E-state index in [-0.39, 0.29) is 0 Å². The van der Waals surface area contributed by atoms with Crippen molar-refractivity contribution < 1.29 is 9.90 Å². The van der Waals surface area contributed by atoms with Crippen molar-refractivity contribution in [3.8, 4) is 11.1 Å². The highest BCUT2D eigenvalue weighted by atomic mass is 35.5. The SMILES string of the molecule is O=C(O)C=Cc1ccc2c(c1)Cc1cc(Cl)ccc1-2. The molecule has 0 heterocycles. The first-order chi connectivity index (χ1) is 9.13. The summed E-state index contributed by atoms with van der Waals surface area (Å²) >= 11 is 6.01. The molecule has 2 nitrogen and oxygen atoms in total. The Labute approximate surface area is 116 Å². The van der Waals surface area contributed by atoms with Crippen LogP contribution in [0.3, 0.4) is 0 Å². The van der Waals surface area contributed by atoms with Gasteiger partial charge in [-0.1, -0.05) is 35.9 Å². The molecular weight excluding hydrogens is 260 g/mol. The van der Waals surface area contributed by atoms with Gasteiger partial charge in [-0.15, -0.1) is 0 Å². The summed E-state index contributed by atoms with van der Waals surface area (Å²) in [6.07, 6.45) is 3.61. The van der Waals surface area contributed by atoms with E-state index in [0.29, 0.717) is 0 Å². The quantitative estimate of drug-likeness (QED) is 0.715. The van der Waals surface area contributed by atoms with Crippen LogP contribution in [0.2, 0.25) is 5.02 Å². The molecule has 0 bridgehead atoms. The molecule has 1 N–H and O–H groups in total. The molecule has 94 valence electrons. The zero-order valence-corrected chi connectivity index (χ0v) is 10.8. The fraction of sp³-hybridized carbons (Fsp3) is 0.0625. The monoisotopic (exact) mass is 270 g/mol. The van der Waals surface area contributed by atoms with Crippen molar-refractivity contribution in [2.75, 3.05) is 0 Å². The van der Waals surface area contributed by atoms with Crippen molar-refractivity contribution in [3.63, 3.8) is 0 Å². The zero-order valence-electron chi connectivity index (χ0n) is 10.1. The van der Waals surface area contributed by atoms with Gasteiger partial charge in [0.25, 0.3) is 0 Å². The molecule has 0 aromatic heterocycles. The van der Waals surface area contributed by atoms with E-state index in [1.807, 2.05) is 36.4 Å². The number of hydrogen-bond donors (Lipinski definition) is 1. The largest absolute Gasteiger partial charge is 0.478 e. The number of halogens is 1. The fourth-order valence-electron chi connectivity index (χ4n) is 2.47. The number of hydrogen-bond acceptors (Lipinski definition) is 1. The summed E-state index contributed by atoms with van der Waals surface area (Å²) < 4.78 is 0. The van der Waals surface area contributed by atoms with Gasteiger partial charge in [0.2, 0.25) is 0 Å². The summed E-state index contributed by atoms with van der Waals surface area (Å²) in [5.74, 6) is -0.935. The molecule has 2 aromatic rings. The van der Waals surface area contributed by atoms with Crippen molar-refractivity contribution in [1.29, 1.82) is 0 Å². The number of fused-ring (bicyclic) bond motifs is 3. The molecule has 2 aromatic carbocycles. The summed E-state index contributed by atoms with van der Waals surface area (Å²) in [6.45, 7) is 0. The normalized spacial score (nSPS) is 12.5. The molecule has 0 spiro atoms. The second-order valence-electron chi connectivity index (χ2n) is 4.57. The Hall–Kier alpha value is -2.06. The summed E-state index contributed by atoms with van der Waals surface area (Å²) in [6, 6.07) is 11.9. The van der Waals surface area contributed by atoms with Crippen LogP contribution in [0.4, 0.5) is 0 Å². The lowest BCUT2D eigenvalue weighted by atomic mass is 10.0. The van der Waals surface area contributed by atoms with Crippen LogP contribution in [0, 0.1) is 0 Å². The first kappa shape index (κ1) is 12.0. The van der Waals surface area contributed by atoms with Crippen LogP contribution < -0.4 is 0 Å². The minimum absolute atomic E-state index is 0.748. The van der Waals surface area contributed by atoms with Crippen LogP contribution in [-0.2, 0) is 11.2 Å². The Morgan fingerprint density at radius 2 is 1.79 bits per heavy atom. The van der Waals surface area contributed by atoms with E-state index in [9.17, 15) is 4.79 Å². The van der Waals surface area contributed by atoms with Crippen LogP contribution in [0.15, 0.2) is 42.5 Å². The fourth-order valence-corrected chi connectivity index (χ4v) is 2.67. The molecule has 0 radical (unpaired) electrons. The first-order valence-corrected chi connectivity index (χ1v) is 6.34. The Balaban J connectivity index is 2.00. The van der Waals surface area contributed by atoms with Gasteiger partial charge in [-0.3, -0.25) is 0 Å². The second kappa shape index (κ2) is 4.56. The molecule has 0 atom stereocenters. The number of carboxylic acid groups (broad SMARTS) is 1. The molecule has 3 rings (SSSR count). The molecule has 1 aliphatic carbocycles. The average Bonchev–Trinajstić information content (AvgIpc) is 2.72. The summed E-state index contributed by atoms with van der Waals surface area (Å²) in [7, 11) is 0. The van der Waals surface area contributed by atoms with E-state index in [4.69, 9.17) is 16.7 Å². The van der Waals surface area contributed by atoms with E-state index in [1.165, 1.54) is 22.3 Å². The van der Waals surface area contributed by atoms with Gasteiger partial charge in [0, 0.05) is 11.1 Å². The predicted octanol–water partition coefficient (Wildman–Crippen LogP) is 4.01. The maximum Gasteiger partial charge on any atom is 0.328 e. The van der Waals surface area contributed by atoms with Crippen molar-refractivity contribution in [3.05, 3.63) is 64.2 Å². The minimum Gasteiger partial charge on any atom is -0.478 e. The van der Waals surface area contributed by atoms with Crippen molar-refractivity contribution in [2.24, 2.45) is 0 Å². The third kappa shape index (κ3) is 2.27. The molecule has 0 saturated heterocycles. The summed E-state index contributed by atoms with van der Waals surface area (Å²) in [5, 5.41) is 9.39. The Kier molecular flexibility index (Phi) is 2.88. The van der Waals surface area contributed by atoms with Crippen LogP contribution in [0.1, 0.15) is 16.7 Å². The number of carboxylic acids is 1. The molecular formula is C16H11ClO2. The van der Waals surface area contributed by atoms with Crippen LogP contribution in [0.25, 0.3) is 17.2 Å². The van der Waals surface area contributed by atoms with Crippen LogP contribution in [-0.4, -0.2) is 11.1 Å². The maximum atomic E-state index is 10.5. The van der Waals surface area contributed by atoms with Crippen molar-refractivity contribution >= 4 is 23.6 Å². The zero-order chi connectivity index (χ0) is 13.4. The van der Waals surface area contributed by atoms with E-state index >= 15 is 0 Å². The Morgan fingerprint density at radius 3 is 2.53 bits per heavy atom. The van der Waals surface area contributed by atoms with Crippen molar-refractivity contribution in [1.82, 2.24) is 0 Å². The lowest BCUT2D eigenvalue weighted by Crippen LogP contribution is -1.86. The molecule has 0 saturated carbocycles. The molecule has 1 aliphatic rings. The van der Waals surface area contributed by atoms with E-state index in [0.717, 1.165) is 23.1 Å². The van der Waals surface area contributed by atoms with E-state index in [1.54, 1.807) is 6.08 Å². The molecule has 0 unspecified atom stereocenters. The highest BCUT2D eigenvalue weighted by Gasteiger charge is 2.18. The third-order valence-electron chi connectivity index (χ3n) is 3.29. The van der Waals surface area contributed by atoms with Gasteiger partial charge in [0.15, 0.2) is 0 Å². The van der Waals surface area contributed by atoms with Gasteiger partial charge >= 0.3 is 5.97 Å². The number of aliphatic carboxylic acids is 1. The number of carbonyl (C=O) groups is 1. The second-order valence-corrected chi connectivity index (χ2v) is 5.00. The first-order valence-electron chi connectivity index (χ1n) is 5.96. The molecule has 19 heavy (non-hydrogen) atoms. The standard InChI is InChI=1S/C16H11ClO2/c17-13-3-5-15-12(9-13)8-11-7-10(1-4-14(11)15)2-6-16(18)19/h1-7,9H,8H2,(H,18,19). The predicted molar refractivity (Wildman–Crippen MR) is 76.4 cm³/mol. The number of rotatable bonds is 2. The lowest BCUT2D eigenvalue weighted by molar-refractivity contribution is -0.131. The highest BCUT2D eigenvalue weighted by molar-refractivity contribution is 6.30. The highest BCUT2D eigenvalue weighted by Crippen LogP contribution is 2.38. The van der Waals surface area contributed by atoms with Crippen molar-refractivity contribution in [2.45, 2.75) is 6.42 Å². The molecule has 0 fully saturated rings. The van der Waals surface area contributed by atoms with Crippen LogP contribution >= 0.6 is 11.6 Å². The maximum absolute atomic E-state index is 10.5. The van der Waals surface area contributed by atoms with Crippen LogP contribution in [0.5, 0.6) is 0 Å². The minimum atomic E-state index is -0.935. The van der Waals surface area contributed by atoms with Gasteiger partial charge in [0.1, 0.15) is 0 Å². The van der Waals surface area contributed by atoms with Gasteiger partial charge in [-0.2, -0.15) is 0 Å². The van der Waals surface area contributed by atoms with E-state index < -0.39 is 5.97 Å². The summed E-state index contributed by atoms with van der Waals surface area (Å²) in [5.41, 5.74) is 5.76.